The van der Waals surface area contributed by atoms with E-state index in [0.717, 1.165) is 6.26 Å². The van der Waals surface area contributed by atoms with Gasteiger partial charge in [0, 0.05) is 6.26 Å². The van der Waals surface area contributed by atoms with E-state index < -0.39 is 15.8 Å². The standard InChI is InChI=1S/C6H6O4S2/c1-12(9,10)5-3-2-4(11-5)6(7)8/h2-3H,1H3,(H,7,8)/p-1. The van der Waals surface area contributed by atoms with Crippen molar-refractivity contribution in [3.8, 4) is 0 Å². The molecule has 0 saturated heterocycles. The molecular weight excluding hydrogens is 200 g/mol. The van der Waals surface area contributed by atoms with Gasteiger partial charge in [-0.3, -0.25) is 0 Å². The largest absolute Gasteiger partial charge is 0.544 e. The number of hydrogen-bond acceptors (Lipinski definition) is 5. The maximum absolute atomic E-state index is 10.9. The molecule has 4 nitrogen and oxygen atoms in total. The Morgan fingerprint density at radius 3 is 2.33 bits per heavy atom. The fourth-order valence-electron chi connectivity index (χ4n) is 0.629. The number of carbonyl (C=O) groups excluding carboxylic acids is 1. The molecule has 66 valence electrons. The lowest BCUT2D eigenvalue weighted by molar-refractivity contribution is -0.254. The Hall–Kier alpha value is -0.880. The summed E-state index contributed by atoms with van der Waals surface area (Å²) in [6, 6.07) is 2.47. The summed E-state index contributed by atoms with van der Waals surface area (Å²) in [5, 5.41) is 10.2. The summed E-state index contributed by atoms with van der Waals surface area (Å²) >= 11 is 0.698. The number of thiophene rings is 1. The molecule has 0 N–H and O–H groups in total. The third kappa shape index (κ3) is 1.83. The minimum atomic E-state index is -3.29. The van der Waals surface area contributed by atoms with E-state index >= 15 is 0 Å². The molecule has 1 aromatic rings. The third-order valence-electron chi connectivity index (χ3n) is 1.15. The summed E-state index contributed by atoms with van der Waals surface area (Å²) in [6.07, 6.45) is 1.03. The average molecular weight is 205 g/mol. The second-order valence-electron chi connectivity index (χ2n) is 2.18. The highest BCUT2D eigenvalue weighted by atomic mass is 32.2. The van der Waals surface area contributed by atoms with Gasteiger partial charge in [-0.2, -0.15) is 0 Å². The van der Waals surface area contributed by atoms with Crippen molar-refractivity contribution >= 4 is 27.1 Å². The van der Waals surface area contributed by atoms with Crippen LogP contribution in [-0.2, 0) is 9.84 Å². The summed E-state index contributed by atoms with van der Waals surface area (Å²) in [4.78, 5) is 10.2. The van der Waals surface area contributed by atoms with Crippen LogP contribution in [0, 0.1) is 0 Å². The normalized spacial score (nSPS) is 11.4. The fraction of sp³-hybridized carbons (Fsp3) is 0.167. The smallest absolute Gasteiger partial charge is 0.184 e. The van der Waals surface area contributed by atoms with Gasteiger partial charge < -0.3 is 9.90 Å². The van der Waals surface area contributed by atoms with E-state index in [1.165, 1.54) is 12.1 Å². The van der Waals surface area contributed by atoms with Gasteiger partial charge in [-0.05, 0) is 12.1 Å². The lowest BCUT2D eigenvalue weighted by atomic mass is 10.5. The molecule has 6 heteroatoms. The van der Waals surface area contributed by atoms with Crippen LogP contribution in [0.25, 0.3) is 0 Å². The first kappa shape index (κ1) is 9.21. The van der Waals surface area contributed by atoms with E-state index in [9.17, 15) is 18.3 Å². The van der Waals surface area contributed by atoms with Crippen LogP contribution in [0.15, 0.2) is 16.3 Å². The lowest BCUT2D eigenvalue weighted by Crippen LogP contribution is -2.20. The summed E-state index contributed by atoms with van der Waals surface area (Å²) in [6.45, 7) is 0. The highest BCUT2D eigenvalue weighted by Crippen LogP contribution is 2.20. The average Bonchev–Trinajstić information content (AvgIpc) is 2.30. The number of carboxylic acids is 1. The Kier molecular flexibility index (Phi) is 2.20. The van der Waals surface area contributed by atoms with Crippen LogP contribution in [0.4, 0.5) is 0 Å². The first-order chi connectivity index (χ1) is 5.41. The zero-order valence-electron chi connectivity index (χ0n) is 6.10. The Morgan fingerprint density at radius 2 is 2.08 bits per heavy atom. The molecule has 1 aromatic heterocycles. The van der Waals surface area contributed by atoms with Crippen LogP contribution in [0.1, 0.15) is 9.67 Å². The first-order valence-corrected chi connectivity index (χ1v) is 5.63. The summed E-state index contributed by atoms with van der Waals surface area (Å²) < 4.78 is 21.8. The second kappa shape index (κ2) is 2.87. The number of aromatic carboxylic acids is 1. The van der Waals surface area contributed by atoms with Gasteiger partial charge in [0.05, 0.1) is 10.8 Å². The molecule has 0 unspecified atom stereocenters. The summed E-state index contributed by atoms with van der Waals surface area (Å²) in [7, 11) is -3.29. The second-order valence-corrected chi connectivity index (χ2v) is 5.50. The molecular formula is C6H5O4S2-. The Labute approximate surface area is 73.4 Å². The van der Waals surface area contributed by atoms with Crippen LogP contribution >= 0.6 is 11.3 Å². The number of rotatable bonds is 2. The van der Waals surface area contributed by atoms with Crippen molar-refractivity contribution in [2.24, 2.45) is 0 Å². The molecule has 0 bridgehead atoms. The van der Waals surface area contributed by atoms with Crippen LogP contribution < -0.4 is 5.11 Å². The van der Waals surface area contributed by atoms with Gasteiger partial charge >= 0.3 is 0 Å². The molecule has 0 spiro atoms. The van der Waals surface area contributed by atoms with Crippen molar-refractivity contribution in [3.63, 3.8) is 0 Å². The quantitative estimate of drug-likeness (QED) is 0.653. The van der Waals surface area contributed by atoms with Crippen LogP contribution in [-0.4, -0.2) is 20.6 Å². The van der Waals surface area contributed by atoms with Crippen LogP contribution in [0.3, 0.4) is 0 Å². The van der Waals surface area contributed by atoms with Crippen molar-refractivity contribution in [1.29, 1.82) is 0 Å². The van der Waals surface area contributed by atoms with Crippen molar-refractivity contribution in [1.82, 2.24) is 0 Å². The third-order valence-corrected chi connectivity index (χ3v) is 4.03. The van der Waals surface area contributed by atoms with Gasteiger partial charge in [0.25, 0.3) is 0 Å². The number of sulfone groups is 1. The van der Waals surface area contributed by atoms with E-state index in [2.05, 4.69) is 0 Å². The number of carboxylic acid groups (broad SMARTS) is 1. The number of carbonyl (C=O) groups is 1. The molecule has 0 aromatic carbocycles. The lowest BCUT2D eigenvalue weighted by Gasteiger charge is -1.93. The zero-order chi connectivity index (χ0) is 9.35. The molecule has 0 atom stereocenters. The van der Waals surface area contributed by atoms with Gasteiger partial charge in [0.15, 0.2) is 9.84 Å². The van der Waals surface area contributed by atoms with E-state index in [1.807, 2.05) is 0 Å². The van der Waals surface area contributed by atoms with E-state index in [4.69, 9.17) is 0 Å². The van der Waals surface area contributed by atoms with Gasteiger partial charge in [-0.1, -0.05) is 0 Å². The molecule has 1 heterocycles. The van der Waals surface area contributed by atoms with Crippen LogP contribution in [0.5, 0.6) is 0 Å². The molecule has 0 fully saturated rings. The SMILES string of the molecule is CS(=O)(=O)c1ccc(C(=O)[O-])s1. The zero-order valence-corrected chi connectivity index (χ0v) is 7.74. The fourth-order valence-corrected chi connectivity index (χ4v) is 2.39. The predicted octanol–water partition coefficient (Wildman–Crippen LogP) is -0.485. The molecule has 0 amide bonds. The topological polar surface area (TPSA) is 74.3 Å². The van der Waals surface area contributed by atoms with E-state index in [0.29, 0.717) is 11.3 Å². The minimum Gasteiger partial charge on any atom is -0.544 e. The maximum Gasteiger partial charge on any atom is 0.184 e. The molecule has 0 aliphatic heterocycles. The van der Waals surface area contributed by atoms with Crippen molar-refractivity contribution in [2.75, 3.05) is 6.26 Å². The van der Waals surface area contributed by atoms with Crippen molar-refractivity contribution in [2.45, 2.75) is 4.21 Å². The van der Waals surface area contributed by atoms with Gasteiger partial charge in [0.1, 0.15) is 4.21 Å². The molecule has 0 radical (unpaired) electrons. The molecule has 0 aliphatic rings. The highest BCUT2D eigenvalue weighted by Gasteiger charge is 2.10. The van der Waals surface area contributed by atoms with Gasteiger partial charge in [0.2, 0.25) is 0 Å². The van der Waals surface area contributed by atoms with Crippen molar-refractivity contribution < 1.29 is 18.3 Å². The van der Waals surface area contributed by atoms with Gasteiger partial charge in [-0.25, -0.2) is 8.42 Å². The highest BCUT2D eigenvalue weighted by molar-refractivity contribution is 7.92. The summed E-state index contributed by atoms with van der Waals surface area (Å²) in [5.74, 6) is -1.35. The molecule has 12 heavy (non-hydrogen) atoms. The predicted molar refractivity (Wildman–Crippen MR) is 41.8 cm³/mol. The maximum atomic E-state index is 10.9. The minimum absolute atomic E-state index is 0.0432. The number of hydrogen-bond donors (Lipinski definition) is 0. The molecule has 0 aliphatic carbocycles. The Bertz CT molecular complexity index is 401. The van der Waals surface area contributed by atoms with Crippen LogP contribution in [0.2, 0.25) is 0 Å². The molecule has 1 rings (SSSR count). The van der Waals surface area contributed by atoms with E-state index in [1.54, 1.807) is 0 Å². The Morgan fingerprint density at radius 1 is 1.50 bits per heavy atom. The monoisotopic (exact) mass is 205 g/mol. The van der Waals surface area contributed by atoms with E-state index in [-0.39, 0.29) is 9.09 Å². The van der Waals surface area contributed by atoms with Gasteiger partial charge in [-0.15, -0.1) is 11.3 Å². The molecule has 0 saturated carbocycles. The Balaban J connectivity index is 3.17. The van der Waals surface area contributed by atoms with Crippen molar-refractivity contribution in [3.05, 3.63) is 17.0 Å². The summed E-state index contributed by atoms with van der Waals surface area (Å²) in [5.41, 5.74) is 0. The first-order valence-electron chi connectivity index (χ1n) is 2.92.